The fourth-order valence-corrected chi connectivity index (χ4v) is 2.75. The molecule has 1 N–H and O–H groups in total. The van der Waals surface area contributed by atoms with Crippen LogP contribution in [0.15, 0.2) is 18.2 Å². The molecule has 1 aromatic rings. The lowest BCUT2D eigenvalue weighted by Crippen LogP contribution is -2.63. The second kappa shape index (κ2) is 5.84. The monoisotopic (exact) mass is 292 g/mol. The van der Waals surface area contributed by atoms with E-state index < -0.39 is 12.1 Å². The predicted octanol–water partition coefficient (Wildman–Crippen LogP) is 2.01. The molecule has 1 aliphatic heterocycles. The van der Waals surface area contributed by atoms with Gasteiger partial charge in [-0.1, -0.05) is 19.9 Å². The van der Waals surface area contributed by atoms with E-state index in [1.165, 1.54) is 12.1 Å². The Morgan fingerprint density at radius 3 is 2.57 bits per heavy atom. The van der Waals surface area contributed by atoms with Crippen molar-refractivity contribution in [3.05, 3.63) is 35.1 Å². The normalized spacial score (nSPS) is 22.7. The van der Waals surface area contributed by atoms with Gasteiger partial charge >= 0.3 is 0 Å². The molecule has 1 fully saturated rings. The van der Waals surface area contributed by atoms with Gasteiger partial charge < -0.3 is 10.2 Å². The van der Waals surface area contributed by atoms with Gasteiger partial charge in [-0.05, 0) is 43.0 Å². The number of amides is 2. The van der Waals surface area contributed by atoms with Crippen LogP contribution in [-0.4, -0.2) is 28.8 Å². The second-order valence-electron chi connectivity index (χ2n) is 5.96. The maximum Gasteiger partial charge on any atom is 0.245 e. The average molecular weight is 292 g/mol. The number of carbonyl (C=O) groups is 2. The van der Waals surface area contributed by atoms with Crippen LogP contribution in [-0.2, 0) is 16.1 Å². The molecule has 1 aromatic carbocycles. The molecule has 0 bridgehead atoms. The first kappa shape index (κ1) is 15.5. The summed E-state index contributed by atoms with van der Waals surface area (Å²) in [5.41, 5.74) is 1.64. The van der Waals surface area contributed by atoms with Crippen LogP contribution < -0.4 is 5.32 Å². The van der Waals surface area contributed by atoms with E-state index in [0.29, 0.717) is 6.54 Å². The molecular formula is C16H21FN2O2. The highest BCUT2D eigenvalue weighted by atomic mass is 19.1. The number of hydrogen-bond donors (Lipinski definition) is 1. The lowest BCUT2D eigenvalue weighted by Gasteiger charge is -2.40. The van der Waals surface area contributed by atoms with E-state index in [1.807, 2.05) is 13.8 Å². The summed E-state index contributed by atoms with van der Waals surface area (Å²) in [7, 11) is 0. The van der Waals surface area contributed by atoms with E-state index in [1.54, 1.807) is 24.8 Å². The molecule has 114 valence electrons. The van der Waals surface area contributed by atoms with E-state index >= 15 is 0 Å². The van der Waals surface area contributed by atoms with Gasteiger partial charge in [0.2, 0.25) is 11.8 Å². The first-order valence-corrected chi connectivity index (χ1v) is 7.17. The zero-order valence-electron chi connectivity index (χ0n) is 12.8. The highest BCUT2D eigenvalue weighted by Gasteiger charge is 2.40. The smallest absolute Gasteiger partial charge is 0.245 e. The first-order valence-electron chi connectivity index (χ1n) is 7.17. The minimum Gasteiger partial charge on any atom is -0.343 e. The fourth-order valence-electron chi connectivity index (χ4n) is 2.75. The van der Waals surface area contributed by atoms with Crippen LogP contribution in [0.25, 0.3) is 0 Å². The van der Waals surface area contributed by atoms with Gasteiger partial charge in [-0.2, -0.15) is 0 Å². The molecule has 0 aromatic heterocycles. The van der Waals surface area contributed by atoms with Crippen molar-refractivity contribution in [2.24, 2.45) is 5.92 Å². The van der Waals surface area contributed by atoms with Crippen molar-refractivity contribution < 1.29 is 14.0 Å². The van der Waals surface area contributed by atoms with E-state index in [2.05, 4.69) is 5.32 Å². The van der Waals surface area contributed by atoms with Crippen molar-refractivity contribution in [1.29, 1.82) is 0 Å². The molecule has 0 spiro atoms. The number of nitrogens with zero attached hydrogens (tertiary/aromatic N) is 1. The highest BCUT2D eigenvalue weighted by molar-refractivity contribution is 5.96. The summed E-state index contributed by atoms with van der Waals surface area (Å²) in [6, 6.07) is 3.49. The van der Waals surface area contributed by atoms with Crippen LogP contribution >= 0.6 is 0 Å². The van der Waals surface area contributed by atoms with Gasteiger partial charge in [-0.3, -0.25) is 9.59 Å². The lowest BCUT2D eigenvalue weighted by molar-refractivity contribution is -0.151. The summed E-state index contributed by atoms with van der Waals surface area (Å²) in [6.45, 7) is 7.64. The van der Waals surface area contributed by atoms with Crippen molar-refractivity contribution >= 4 is 11.8 Å². The maximum atomic E-state index is 13.2. The summed E-state index contributed by atoms with van der Waals surface area (Å²) in [5.74, 6) is -0.510. The second-order valence-corrected chi connectivity index (χ2v) is 5.96. The van der Waals surface area contributed by atoms with E-state index in [9.17, 15) is 14.0 Å². The number of rotatable bonds is 3. The number of carbonyl (C=O) groups excluding carboxylic acids is 2. The first-order chi connectivity index (χ1) is 9.81. The van der Waals surface area contributed by atoms with Gasteiger partial charge in [0.15, 0.2) is 0 Å². The molecular weight excluding hydrogens is 271 g/mol. The molecule has 21 heavy (non-hydrogen) atoms. The molecule has 2 amide bonds. The third kappa shape index (κ3) is 3.06. The summed E-state index contributed by atoms with van der Waals surface area (Å²) >= 11 is 0. The molecule has 1 aliphatic rings. The minimum atomic E-state index is -0.520. The SMILES string of the molecule is Cc1cc(F)ccc1CN1C(=O)C(C)NC(=O)C1C(C)C. The van der Waals surface area contributed by atoms with E-state index in [-0.39, 0.29) is 23.5 Å². The largest absolute Gasteiger partial charge is 0.343 e. The highest BCUT2D eigenvalue weighted by Crippen LogP contribution is 2.22. The van der Waals surface area contributed by atoms with Crippen molar-refractivity contribution in [3.63, 3.8) is 0 Å². The number of aryl methyl sites for hydroxylation is 1. The Kier molecular flexibility index (Phi) is 4.30. The number of hydrogen-bond acceptors (Lipinski definition) is 2. The Labute approximate surface area is 124 Å². The predicted molar refractivity (Wildman–Crippen MR) is 77.9 cm³/mol. The average Bonchev–Trinajstić information content (AvgIpc) is 2.38. The van der Waals surface area contributed by atoms with Gasteiger partial charge in [0.25, 0.3) is 0 Å². The Morgan fingerprint density at radius 2 is 2.00 bits per heavy atom. The molecule has 0 radical (unpaired) electrons. The van der Waals surface area contributed by atoms with Crippen LogP contribution in [0.5, 0.6) is 0 Å². The zero-order chi connectivity index (χ0) is 15.7. The fraction of sp³-hybridized carbons (Fsp3) is 0.500. The molecule has 4 nitrogen and oxygen atoms in total. The molecule has 2 unspecified atom stereocenters. The topological polar surface area (TPSA) is 49.4 Å². The minimum absolute atomic E-state index is 0.0159. The van der Waals surface area contributed by atoms with Crippen LogP contribution in [0, 0.1) is 18.7 Å². The van der Waals surface area contributed by atoms with Crippen molar-refractivity contribution in [2.75, 3.05) is 0 Å². The molecule has 1 saturated heterocycles. The number of piperazine rings is 1. The summed E-state index contributed by atoms with van der Waals surface area (Å²) in [6.07, 6.45) is 0. The van der Waals surface area contributed by atoms with E-state index in [0.717, 1.165) is 11.1 Å². The van der Waals surface area contributed by atoms with Gasteiger partial charge in [0.1, 0.15) is 17.9 Å². The molecule has 5 heteroatoms. The third-order valence-electron chi connectivity index (χ3n) is 3.89. The van der Waals surface area contributed by atoms with Gasteiger partial charge in [-0.25, -0.2) is 4.39 Å². The van der Waals surface area contributed by atoms with Gasteiger partial charge in [-0.15, -0.1) is 0 Å². The van der Waals surface area contributed by atoms with Gasteiger partial charge in [0.05, 0.1) is 0 Å². The summed E-state index contributed by atoms with van der Waals surface area (Å²) in [4.78, 5) is 26.2. The lowest BCUT2D eigenvalue weighted by atomic mass is 9.96. The number of nitrogens with one attached hydrogen (secondary N) is 1. The van der Waals surface area contributed by atoms with Crippen molar-refractivity contribution in [1.82, 2.24) is 10.2 Å². The van der Waals surface area contributed by atoms with Crippen LogP contribution in [0.4, 0.5) is 4.39 Å². The van der Waals surface area contributed by atoms with Gasteiger partial charge in [0, 0.05) is 6.54 Å². The number of benzene rings is 1. The molecule has 1 heterocycles. The Hall–Kier alpha value is -1.91. The maximum absolute atomic E-state index is 13.2. The molecule has 0 saturated carbocycles. The third-order valence-corrected chi connectivity index (χ3v) is 3.89. The summed E-state index contributed by atoms with van der Waals surface area (Å²) < 4.78 is 13.2. The molecule has 2 atom stereocenters. The standard InChI is InChI=1S/C16H21FN2O2/c1-9(2)14-15(20)18-11(4)16(21)19(14)8-12-5-6-13(17)7-10(12)3/h5-7,9,11,14H,8H2,1-4H3,(H,18,20). The zero-order valence-corrected chi connectivity index (χ0v) is 12.8. The van der Waals surface area contributed by atoms with Crippen LogP contribution in [0.1, 0.15) is 31.9 Å². The Balaban J connectivity index is 2.32. The Bertz CT molecular complexity index is 571. The summed E-state index contributed by atoms with van der Waals surface area (Å²) in [5, 5.41) is 2.71. The van der Waals surface area contributed by atoms with Crippen molar-refractivity contribution in [2.45, 2.75) is 46.3 Å². The molecule has 2 rings (SSSR count). The van der Waals surface area contributed by atoms with E-state index in [4.69, 9.17) is 0 Å². The van der Waals surface area contributed by atoms with Crippen LogP contribution in [0.3, 0.4) is 0 Å². The van der Waals surface area contributed by atoms with Crippen LogP contribution in [0.2, 0.25) is 0 Å². The van der Waals surface area contributed by atoms with Crippen molar-refractivity contribution in [3.8, 4) is 0 Å². The number of halogens is 1. The quantitative estimate of drug-likeness (QED) is 0.926. The molecule has 0 aliphatic carbocycles. The Morgan fingerprint density at radius 1 is 1.33 bits per heavy atom.